The van der Waals surface area contributed by atoms with E-state index >= 15 is 0 Å². The van der Waals surface area contributed by atoms with Gasteiger partial charge in [0.25, 0.3) is 0 Å². The van der Waals surface area contributed by atoms with Crippen LogP contribution in [0.1, 0.15) is 34.6 Å². The lowest BCUT2D eigenvalue weighted by Gasteiger charge is -2.30. The van der Waals surface area contributed by atoms with Crippen LogP contribution in [0.15, 0.2) is 24.4 Å². The zero-order valence-electron chi connectivity index (χ0n) is 13.5. The molecule has 0 bridgehead atoms. The van der Waals surface area contributed by atoms with Gasteiger partial charge in [0.1, 0.15) is 11.6 Å². The van der Waals surface area contributed by atoms with Gasteiger partial charge in [0.05, 0.1) is 13.2 Å². The van der Waals surface area contributed by atoms with Gasteiger partial charge in [-0.3, -0.25) is 4.90 Å². The Balaban J connectivity index is 5.17. The van der Waals surface area contributed by atoms with Crippen molar-refractivity contribution >= 4 is 12.1 Å². The van der Waals surface area contributed by atoms with Crippen molar-refractivity contribution in [3.63, 3.8) is 0 Å². The van der Waals surface area contributed by atoms with E-state index in [0.29, 0.717) is 5.70 Å². The van der Waals surface area contributed by atoms with Crippen LogP contribution in [0, 0.1) is 0 Å². The minimum absolute atomic E-state index is 0.0565. The number of allylic oxidation sites excluding steroid dienone is 2. The van der Waals surface area contributed by atoms with Crippen LogP contribution in [0.5, 0.6) is 0 Å². The molecule has 0 rings (SSSR count). The predicted octanol–water partition coefficient (Wildman–Crippen LogP) is 2.20. The summed E-state index contributed by atoms with van der Waals surface area (Å²) in [7, 11) is 0. The molecule has 0 fully saturated rings. The molecular weight excluding hydrogens is 272 g/mol. The van der Waals surface area contributed by atoms with Gasteiger partial charge in [-0.05, 0) is 40.7 Å². The largest absolute Gasteiger partial charge is 0.464 e. The van der Waals surface area contributed by atoms with Crippen LogP contribution >= 0.6 is 0 Å². The van der Waals surface area contributed by atoms with Crippen LogP contribution in [0.4, 0.5) is 4.79 Å². The summed E-state index contributed by atoms with van der Waals surface area (Å²) in [6, 6.07) is -0.795. The molecule has 0 aromatic heterocycles. The number of hydrogen-bond acceptors (Lipinski definition) is 5. The molecule has 0 aliphatic carbocycles. The van der Waals surface area contributed by atoms with Gasteiger partial charge in [0.15, 0.2) is 0 Å². The maximum absolute atomic E-state index is 12.2. The number of hydrogen-bond donors (Lipinski definition) is 1. The second-order valence-corrected chi connectivity index (χ2v) is 5.51. The molecule has 0 aliphatic rings. The van der Waals surface area contributed by atoms with E-state index in [1.807, 2.05) is 0 Å². The van der Waals surface area contributed by atoms with E-state index in [-0.39, 0.29) is 13.2 Å². The fourth-order valence-corrected chi connectivity index (χ4v) is 1.47. The molecule has 6 nitrogen and oxygen atoms in total. The number of carbonyl (C=O) groups excluding carboxylic acids is 2. The number of amides is 1. The molecule has 120 valence electrons. The second-order valence-electron chi connectivity index (χ2n) is 5.51. The summed E-state index contributed by atoms with van der Waals surface area (Å²) < 4.78 is 10.2. The molecule has 0 radical (unpaired) electrons. The van der Waals surface area contributed by atoms with Crippen molar-refractivity contribution in [2.24, 2.45) is 5.73 Å². The van der Waals surface area contributed by atoms with Crippen LogP contribution in [0.25, 0.3) is 0 Å². The van der Waals surface area contributed by atoms with Gasteiger partial charge in [-0.1, -0.05) is 12.7 Å². The van der Waals surface area contributed by atoms with Crippen LogP contribution < -0.4 is 5.73 Å². The van der Waals surface area contributed by atoms with E-state index in [4.69, 9.17) is 15.2 Å². The van der Waals surface area contributed by atoms with E-state index in [2.05, 4.69) is 6.58 Å². The lowest BCUT2D eigenvalue weighted by atomic mass is 10.2. The van der Waals surface area contributed by atoms with Gasteiger partial charge >= 0.3 is 12.1 Å². The normalized spacial score (nSPS) is 13.3. The van der Waals surface area contributed by atoms with Gasteiger partial charge < -0.3 is 15.2 Å². The maximum atomic E-state index is 12.2. The molecule has 2 N–H and O–H groups in total. The van der Waals surface area contributed by atoms with Crippen LogP contribution in [0.2, 0.25) is 0 Å². The minimum atomic E-state index is -0.795. The van der Waals surface area contributed by atoms with Crippen LogP contribution in [-0.2, 0) is 14.3 Å². The van der Waals surface area contributed by atoms with Crippen molar-refractivity contribution in [2.45, 2.75) is 46.3 Å². The van der Waals surface area contributed by atoms with E-state index in [1.54, 1.807) is 40.7 Å². The van der Waals surface area contributed by atoms with E-state index < -0.39 is 23.7 Å². The minimum Gasteiger partial charge on any atom is -0.464 e. The molecule has 6 heteroatoms. The van der Waals surface area contributed by atoms with Crippen molar-refractivity contribution in [1.82, 2.24) is 4.90 Å². The second kappa shape index (κ2) is 8.34. The van der Waals surface area contributed by atoms with Crippen LogP contribution in [0.3, 0.4) is 0 Å². The molecular formula is C15H26N2O4. The highest BCUT2D eigenvalue weighted by molar-refractivity contribution is 5.81. The van der Waals surface area contributed by atoms with Crippen LogP contribution in [-0.4, -0.2) is 41.8 Å². The summed E-state index contributed by atoms with van der Waals surface area (Å²) >= 11 is 0. The van der Waals surface area contributed by atoms with Gasteiger partial charge in [-0.2, -0.15) is 0 Å². The van der Waals surface area contributed by atoms with Crippen molar-refractivity contribution in [2.75, 3.05) is 13.2 Å². The van der Waals surface area contributed by atoms with Crippen molar-refractivity contribution in [3.8, 4) is 0 Å². The Labute approximate surface area is 126 Å². The predicted molar refractivity (Wildman–Crippen MR) is 81.5 cm³/mol. The lowest BCUT2D eigenvalue weighted by Crippen LogP contribution is -2.47. The van der Waals surface area contributed by atoms with Crippen molar-refractivity contribution in [1.29, 1.82) is 0 Å². The van der Waals surface area contributed by atoms with Gasteiger partial charge in [0.2, 0.25) is 0 Å². The third kappa shape index (κ3) is 7.39. The highest BCUT2D eigenvalue weighted by atomic mass is 16.6. The smallest absolute Gasteiger partial charge is 0.411 e. The van der Waals surface area contributed by atoms with E-state index in [1.165, 1.54) is 11.0 Å². The molecule has 0 spiro atoms. The summed E-state index contributed by atoms with van der Waals surface area (Å²) in [5.41, 5.74) is 5.52. The zero-order chi connectivity index (χ0) is 16.6. The van der Waals surface area contributed by atoms with Gasteiger partial charge in [-0.15, -0.1) is 0 Å². The summed E-state index contributed by atoms with van der Waals surface area (Å²) in [5.74, 6) is -0.505. The first-order valence-electron chi connectivity index (χ1n) is 6.85. The highest BCUT2D eigenvalue weighted by Gasteiger charge is 2.30. The first-order valence-corrected chi connectivity index (χ1v) is 6.85. The third-order valence-electron chi connectivity index (χ3n) is 2.41. The topological polar surface area (TPSA) is 81.9 Å². The number of nitrogens with zero attached hydrogens (tertiary/aromatic N) is 1. The Morgan fingerprint density at radius 3 is 2.38 bits per heavy atom. The number of rotatable bonds is 6. The number of ether oxygens (including phenoxy) is 2. The molecule has 0 aromatic carbocycles. The molecule has 0 heterocycles. The number of nitrogens with two attached hydrogens (primary N) is 1. The Hall–Kier alpha value is -1.98. The molecule has 0 saturated heterocycles. The summed E-state index contributed by atoms with van der Waals surface area (Å²) in [4.78, 5) is 25.3. The summed E-state index contributed by atoms with van der Waals surface area (Å²) in [6.07, 6.45) is 2.45. The number of esters is 1. The molecule has 21 heavy (non-hydrogen) atoms. The fraction of sp³-hybridized carbons (Fsp3) is 0.600. The highest BCUT2D eigenvalue weighted by Crippen LogP contribution is 2.13. The first kappa shape index (κ1) is 19.0. The number of carbonyl (C=O) groups is 2. The van der Waals surface area contributed by atoms with Gasteiger partial charge in [0, 0.05) is 5.70 Å². The quantitative estimate of drug-likeness (QED) is 0.600. The maximum Gasteiger partial charge on any atom is 0.411 e. The Morgan fingerprint density at radius 1 is 1.38 bits per heavy atom. The fourth-order valence-electron chi connectivity index (χ4n) is 1.47. The standard InChI is InChI=1S/C15H26N2O4/c1-7-9-12(16)10-17(11(3)13(18)20-8-2)14(19)21-15(4,5)6/h7,9,11H,1,8,10,16H2,2-6H3/b12-9-/t11-/m0/s1. The Morgan fingerprint density at radius 2 is 1.95 bits per heavy atom. The van der Waals surface area contributed by atoms with Gasteiger partial charge in [-0.25, -0.2) is 9.59 Å². The molecule has 0 aromatic rings. The average Bonchev–Trinajstić information content (AvgIpc) is 2.33. The van der Waals surface area contributed by atoms with Crippen molar-refractivity contribution < 1.29 is 19.1 Å². The summed E-state index contributed by atoms with van der Waals surface area (Å²) in [6.45, 7) is 12.4. The molecule has 1 atom stereocenters. The molecule has 0 aliphatic heterocycles. The first-order chi connectivity index (χ1) is 9.62. The summed E-state index contributed by atoms with van der Waals surface area (Å²) in [5, 5.41) is 0. The van der Waals surface area contributed by atoms with E-state index in [9.17, 15) is 9.59 Å². The molecule has 1 amide bonds. The Kier molecular flexibility index (Phi) is 7.55. The molecule has 0 unspecified atom stereocenters. The van der Waals surface area contributed by atoms with E-state index in [0.717, 1.165) is 0 Å². The monoisotopic (exact) mass is 298 g/mol. The lowest BCUT2D eigenvalue weighted by molar-refractivity contribution is -0.148. The third-order valence-corrected chi connectivity index (χ3v) is 2.41. The Bertz CT molecular complexity index is 410. The zero-order valence-corrected chi connectivity index (χ0v) is 13.5. The van der Waals surface area contributed by atoms with Crippen molar-refractivity contribution in [3.05, 3.63) is 24.4 Å². The molecule has 0 saturated carbocycles. The average molecular weight is 298 g/mol. The SMILES string of the molecule is C=C/C=C(\N)CN(C(=O)OC(C)(C)C)[C@@H](C)C(=O)OCC.